The maximum Gasteiger partial charge on any atom is 0.453 e. The quantitative estimate of drug-likeness (QED) is 0.180. The number of ether oxygens (including phenoxy) is 3. The maximum atomic E-state index is 13.3. The molecule has 38 heavy (non-hydrogen) atoms. The first-order chi connectivity index (χ1) is 17.7. The Kier molecular flexibility index (Phi) is 8.92. The Hall–Kier alpha value is -3.32. The predicted molar refractivity (Wildman–Crippen MR) is 137 cm³/mol. The van der Waals surface area contributed by atoms with Crippen molar-refractivity contribution in [3.8, 4) is 28.5 Å². The Morgan fingerprint density at radius 1 is 1.03 bits per heavy atom. The summed E-state index contributed by atoms with van der Waals surface area (Å²) in [4.78, 5) is 24.1. The van der Waals surface area contributed by atoms with Crippen LogP contribution in [0, 0.1) is 5.41 Å². The molecule has 0 N–H and O–H groups in total. The minimum atomic E-state index is -4.69. The van der Waals surface area contributed by atoms with E-state index < -0.39 is 31.5 Å². The summed E-state index contributed by atoms with van der Waals surface area (Å²) in [5.74, 6) is -1.34. The summed E-state index contributed by atoms with van der Waals surface area (Å²) >= 11 is 0. The molecular formula is C25H32F3N5O4Si. The van der Waals surface area contributed by atoms with Gasteiger partial charge in [-0.25, -0.2) is 14.6 Å². The van der Waals surface area contributed by atoms with Gasteiger partial charge in [0, 0.05) is 44.3 Å². The number of esters is 1. The van der Waals surface area contributed by atoms with Crippen molar-refractivity contribution in [3.05, 3.63) is 42.5 Å². The number of pyridine rings is 2. The van der Waals surface area contributed by atoms with Crippen LogP contribution in [0.3, 0.4) is 0 Å². The van der Waals surface area contributed by atoms with E-state index >= 15 is 0 Å². The third-order valence-corrected chi connectivity index (χ3v) is 7.22. The number of hydrogen-bond acceptors (Lipinski definition) is 8. The van der Waals surface area contributed by atoms with Crippen LogP contribution in [0.15, 0.2) is 36.7 Å². The molecule has 3 aromatic heterocycles. The lowest BCUT2D eigenvalue weighted by atomic mass is 9.95. The zero-order valence-electron chi connectivity index (χ0n) is 22.3. The number of aromatic nitrogens is 5. The first kappa shape index (κ1) is 29.2. The molecule has 0 fully saturated rings. The SMILES string of the molecule is COC(=O)C(C)(C)COc1ccc(-c2ccc(-c3nc(C(F)(F)F)nn3COCC[Si](C)(C)C)nc2)cn1. The second kappa shape index (κ2) is 11.6. The number of methoxy groups -OCH3 is 1. The van der Waals surface area contributed by atoms with Crippen LogP contribution in [-0.4, -0.2) is 59.1 Å². The lowest BCUT2D eigenvalue weighted by Gasteiger charge is -2.21. The number of rotatable bonds is 11. The Bertz CT molecular complexity index is 1220. The fourth-order valence-corrected chi connectivity index (χ4v) is 3.95. The van der Waals surface area contributed by atoms with Crippen molar-refractivity contribution in [2.75, 3.05) is 20.3 Å². The molecule has 0 unspecified atom stereocenters. The lowest BCUT2D eigenvalue weighted by Crippen LogP contribution is -2.32. The molecule has 3 heterocycles. The average Bonchev–Trinajstić information content (AvgIpc) is 3.30. The Morgan fingerprint density at radius 2 is 1.68 bits per heavy atom. The van der Waals surface area contributed by atoms with Crippen molar-refractivity contribution in [1.82, 2.24) is 24.7 Å². The van der Waals surface area contributed by atoms with E-state index in [-0.39, 0.29) is 24.9 Å². The number of hydrogen-bond donors (Lipinski definition) is 0. The molecule has 0 aliphatic carbocycles. The summed E-state index contributed by atoms with van der Waals surface area (Å²) in [6.45, 7) is 10.3. The van der Waals surface area contributed by atoms with E-state index in [2.05, 4.69) is 39.7 Å². The molecule has 0 aliphatic heterocycles. The van der Waals surface area contributed by atoms with Crippen molar-refractivity contribution >= 4 is 14.0 Å². The van der Waals surface area contributed by atoms with Gasteiger partial charge in [0.1, 0.15) is 19.0 Å². The number of carbonyl (C=O) groups excluding carboxylic acids is 1. The van der Waals surface area contributed by atoms with Crippen molar-refractivity contribution in [3.63, 3.8) is 0 Å². The summed E-state index contributed by atoms with van der Waals surface area (Å²) < 4.78 is 57.0. The first-order valence-electron chi connectivity index (χ1n) is 11.9. The van der Waals surface area contributed by atoms with Gasteiger partial charge in [0.15, 0.2) is 5.82 Å². The van der Waals surface area contributed by atoms with E-state index in [1.165, 1.54) is 13.3 Å². The van der Waals surface area contributed by atoms with Crippen LogP contribution in [0.2, 0.25) is 25.7 Å². The van der Waals surface area contributed by atoms with Crippen molar-refractivity contribution in [2.24, 2.45) is 5.41 Å². The van der Waals surface area contributed by atoms with Crippen molar-refractivity contribution in [1.29, 1.82) is 0 Å². The Balaban J connectivity index is 1.74. The molecule has 0 bridgehead atoms. The largest absolute Gasteiger partial charge is 0.476 e. The molecule has 0 atom stereocenters. The fraction of sp³-hybridized carbons (Fsp3) is 0.480. The highest BCUT2D eigenvalue weighted by Crippen LogP contribution is 2.29. The normalized spacial score (nSPS) is 12.4. The predicted octanol–water partition coefficient (Wildman–Crippen LogP) is 5.31. The van der Waals surface area contributed by atoms with Crippen LogP contribution in [0.5, 0.6) is 5.88 Å². The van der Waals surface area contributed by atoms with Gasteiger partial charge in [-0.1, -0.05) is 25.7 Å². The number of alkyl halides is 3. The Morgan fingerprint density at radius 3 is 2.21 bits per heavy atom. The molecule has 0 aromatic carbocycles. The molecule has 0 saturated carbocycles. The summed E-state index contributed by atoms with van der Waals surface area (Å²) in [7, 11) is -0.0354. The molecule has 0 aliphatic rings. The number of carbonyl (C=O) groups is 1. The molecule has 0 spiro atoms. The van der Waals surface area contributed by atoms with Gasteiger partial charge >= 0.3 is 12.1 Å². The summed E-state index contributed by atoms with van der Waals surface area (Å²) in [6.07, 6.45) is -1.60. The third-order valence-electron chi connectivity index (χ3n) is 5.52. The molecule has 0 radical (unpaired) electrons. The lowest BCUT2D eigenvalue weighted by molar-refractivity contribution is -0.152. The van der Waals surface area contributed by atoms with Crippen LogP contribution >= 0.6 is 0 Å². The van der Waals surface area contributed by atoms with Gasteiger partial charge < -0.3 is 14.2 Å². The first-order valence-corrected chi connectivity index (χ1v) is 15.6. The minimum Gasteiger partial charge on any atom is -0.476 e. The van der Waals surface area contributed by atoms with E-state index in [1.807, 2.05) is 0 Å². The van der Waals surface area contributed by atoms with Crippen LogP contribution in [0.1, 0.15) is 19.7 Å². The monoisotopic (exact) mass is 551 g/mol. The van der Waals surface area contributed by atoms with E-state index in [9.17, 15) is 18.0 Å². The topological polar surface area (TPSA) is 101 Å². The van der Waals surface area contributed by atoms with Crippen LogP contribution in [0.4, 0.5) is 13.2 Å². The van der Waals surface area contributed by atoms with Gasteiger partial charge in [0.25, 0.3) is 5.82 Å². The molecule has 3 rings (SSSR count). The van der Waals surface area contributed by atoms with Crippen molar-refractivity contribution < 1.29 is 32.2 Å². The van der Waals surface area contributed by atoms with E-state index in [1.54, 1.807) is 44.3 Å². The second-order valence-electron chi connectivity index (χ2n) is 10.6. The summed E-state index contributed by atoms with van der Waals surface area (Å²) in [6, 6.07) is 7.57. The molecule has 206 valence electrons. The standard InChI is InChI=1S/C25H32F3N5O4Si/c1-24(2,23(34)35-3)15-37-20-10-8-18(14-30-20)17-7-9-19(29-13-17)21-31-22(25(26,27)28)32-33(21)16-36-11-12-38(4,5)6/h7-10,13-14H,11-12,15-16H2,1-6H3. The van der Waals surface area contributed by atoms with Gasteiger partial charge in [0.2, 0.25) is 5.88 Å². The molecule has 0 saturated heterocycles. The molecule has 3 aromatic rings. The average molecular weight is 552 g/mol. The number of halogens is 3. The van der Waals surface area contributed by atoms with Gasteiger partial charge in [-0.05, 0) is 32.0 Å². The van der Waals surface area contributed by atoms with Gasteiger partial charge in [-0.3, -0.25) is 9.78 Å². The molecular weight excluding hydrogens is 519 g/mol. The highest BCUT2D eigenvalue weighted by Gasteiger charge is 2.37. The van der Waals surface area contributed by atoms with Gasteiger partial charge in [-0.15, -0.1) is 5.10 Å². The smallest absolute Gasteiger partial charge is 0.453 e. The van der Waals surface area contributed by atoms with Crippen LogP contribution in [0.25, 0.3) is 22.6 Å². The Labute approximate surface area is 220 Å². The minimum absolute atomic E-state index is 0.0352. The van der Waals surface area contributed by atoms with E-state index in [4.69, 9.17) is 14.2 Å². The maximum absolute atomic E-state index is 13.3. The highest BCUT2D eigenvalue weighted by atomic mass is 28.3. The van der Waals surface area contributed by atoms with Crippen LogP contribution in [-0.2, 0) is 27.2 Å². The zero-order chi connectivity index (χ0) is 28.1. The van der Waals surface area contributed by atoms with E-state index in [0.717, 1.165) is 16.3 Å². The molecule has 0 amide bonds. The van der Waals surface area contributed by atoms with Gasteiger partial charge in [-0.2, -0.15) is 13.2 Å². The summed E-state index contributed by atoms with van der Waals surface area (Å²) in [5, 5.41) is 3.61. The van der Waals surface area contributed by atoms with E-state index in [0.29, 0.717) is 18.1 Å². The van der Waals surface area contributed by atoms with Gasteiger partial charge in [0.05, 0.1) is 12.5 Å². The zero-order valence-corrected chi connectivity index (χ0v) is 23.3. The number of nitrogens with zero attached hydrogens (tertiary/aromatic N) is 5. The summed E-state index contributed by atoms with van der Waals surface area (Å²) in [5.41, 5.74) is 0.802. The molecule has 9 nitrogen and oxygen atoms in total. The second-order valence-corrected chi connectivity index (χ2v) is 16.2. The molecule has 13 heteroatoms. The van der Waals surface area contributed by atoms with Crippen molar-refractivity contribution in [2.45, 2.75) is 52.4 Å². The highest BCUT2D eigenvalue weighted by molar-refractivity contribution is 6.76. The van der Waals surface area contributed by atoms with Crippen LogP contribution < -0.4 is 4.74 Å². The third kappa shape index (κ3) is 7.84. The fourth-order valence-electron chi connectivity index (χ4n) is 3.19.